The molecule has 0 amide bonds. The number of hydrogen-bond acceptors (Lipinski definition) is 2. The van der Waals surface area contributed by atoms with E-state index in [1.165, 1.54) is 66.4 Å². The number of rotatable bonds is 3. The van der Waals surface area contributed by atoms with E-state index in [2.05, 4.69) is 160 Å². The molecule has 46 heavy (non-hydrogen) atoms. The second-order valence-corrected chi connectivity index (χ2v) is 14.4. The highest BCUT2D eigenvalue weighted by atomic mass is 15.1. The van der Waals surface area contributed by atoms with E-state index in [1.54, 1.807) is 0 Å². The van der Waals surface area contributed by atoms with Crippen LogP contribution in [0.4, 0.5) is 0 Å². The third kappa shape index (κ3) is 3.99. The summed E-state index contributed by atoms with van der Waals surface area (Å²) in [6, 6.07) is 47.6. The minimum Gasteiger partial charge on any atom is -0.363 e. The van der Waals surface area contributed by atoms with Gasteiger partial charge in [-0.1, -0.05) is 143 Å². The smallest absolute Gasteiger partial charge is 0.129 e. The highest BCUT2D eigenvalue weighted by Gasteiger charge is 2.38. The van der Waals surface area contributed by atoms with Gasteiger partial charge in [0.2, 0.25) is 0 Å². The molecule has 0 fully saturated rings. The van der Waals surface area contributed by atoms with Crippen LogP contribution >= 0.6 is 0 Å². The van der Waals surface area contributed by atoms with Gasteiger partial charge >= 0.3 is 0 Å². The lowest BCUT2D eigenvalue weighted by molar-refractivity contribution is 0.490. The largest absolute Gasteiger partial charge is 0.363 e. The Hall–Kier alpha value is -4.95. The minimum absolute atomic E-state index is 0.0380. The van der Waals surface area contributed by atoms with Crippen molar-refractivity contribution in [3.05, 3.63) is 166 Å². The van der Waals surface area contributed by atoms with Gasteiger partial charge in [0.1, 0.15) is 5.84 Å². The zero-order valence-corrected chi connectivity index (χ0v) is 26.9. The van der Waals surface area contributed by atoms with Gasteiger partial charge in [-0.3, -0.25) is 4.99 Å². The van der Waals surface area contributed by atoms with E-state index in [9.17, 15) is 0 Å². The van der Waals surface area contributed by atoms with E-state index in [0.29, 0.717) is 0 Å². The summed E-state index contributed by atoms with van der Waals surface area (Å²) in [6.45, 7) is 9.42. The molecule has 0 bridgehead atoms. The van der Waals surface area contributed by atoms with Gasteiger partial charge < -0.3 is 5.32 Å². The molecule has 1 N–H and O–H groups in total. The monoisotopic (exact) mass is 594 g/mol. The molecular weight excluding hydrogens is 556 g/mol. The van der Waals surface area contributed by atoms with Gasteiger partial charge in [-0.25, -0.2) is 0 Å². The maximum Gasteiger partial charge on any atom is 0.129 e. The molecule has 2 nitrogen and oxygen atoms in total. The SMILES string of the molecule is CC1(C)c2ccccc2-c2ccc(C3=NC(c4ccc5c(c4)C(C)(C)c4ccccc4-5)CC(c4ccc5ccccc5c4)N3)cc21. The molecule has 224 valence electrons. The Morgan fingerprint density at radius 1 is 0.522 bits per heavy atom. The molecule has 2 unspecified atom stereocenters. The second kappa shape index (κ2) is 9.77. The van der Waals surface area contributed by atoms with Gasteiger partial charge in [0.05, 0.1) is 12.1 Å². The summed E-state index contributed by atoms with van der Waals surface area (Å²) in [5.74, 6) is 0.979. The highest BCUT2D eigenvalue weighted by Crippen LogP contribution is 2.51. The molecule has 3 aliphatic rings. The van der Waals surface area contributed by atoms with Crippen molar-refractivity contribution in [1.82, 2.24) is 5.32 Å². The lowest BCUT2D eigenvalue weighted by atomic mass is 9.81. The molecule has 6 aromatic rings. The summed E-state index contributed by atoms with van der Waals surface area (Å²) in [5, 5.41) is 6.47. The quantitative estimate of drug-likeness (QED) is 0.217. The third-order valence-electron chi connectivity index (χ3n) is 11.1. The van der Waals surface area contributed by atoms with Crippen LogP contribution in [0.15, 0.2) is 132 Å². The minimum atomic E-state index is -0.0606. The molecule has 1 heterocycles. The number of nitrogens with zero attached hydrogens (tertiary/aromatic N) is 1. The molecule has 0 saturated heterocycles. The van der Waals surface area contributed by atoms with E-state index in [0.717, 1.165) is 17.8 Å². The van der Waals surface area contributed by atoms with E-state index in [-0.39, 0.29) is 22.9 Å². The molecule has 9 rings (SSSR count). The van der Waals surface area contributed by atoms with Gasteiger partial charge in [-0.2, -0.15) is 0 Å². The zero-order chi connectivity index (χ0) is 31.2. The van der Waals surface area contributed by atoms with Crippen LogP contribution in [0.2, 0.25) is 0 Å². The number of hydrogen-bond donors (Lipinski definition) is 1. The fraction of sp³-hybridized carbons (Fsp3) is 0.205. The Kier molecular flexibility index (Phi) is 5.81. The van der Waals surface area contributed by atoms with Crippen LogP contribution < -0.4 is 5.32 Å². The van der Waals surface area contributed by atoms with Crippen molar-refractivity contribution in [2.45, 2.75) is 57.0 Å². The van der Waals surface area contributed by atoms with Gasteiger partial charge in [-0.15, -0.1) is 0 Å². The van der Waals surface area contributed by atoms with Crippen LogP contribution in [0.5, 0.6) is 0 Å². The predicted octanol–water partition coefficient (Wildman–Crippen LogP) is 10.7. The Bertz CT molecular complexity index is 2230. The van der Waals surface area contributed by atoms with E-state index >= 15 is 0 Å². The van der Waals surface area contributed by atoms with Crippen LogP contribution in [-0.4, -0.2) is 5.84 Å². The van der Waals surface area contributed by atoms with Crippen LogP contribution in [0.1, 0.15) is 85.1 Å². The van der Waals surface area contributed by atoms with Crippen molar-refractivity contribution < 1.29 is 0 Å². The molecule has 6 aromatic carbocycles. The number of aliphatic imine (C=N–C) groups is 1. The molecule has 2 heteroatoms. The first-order valence-corrected chi connectivity index (χ1v) is 16.6. The van der Waals surface area contributed by atoms with Crippen molar-refractivity contribution in [1.29, 1.82) is 0 Å². The lowest BCUT2D eigenvalue weighted by Gasteiger charge is -2.32. The summed E-state index contributed by atoms with van der Waals surface area (Å²) >= 11 is 0. The topological polar surface area (TPSA) is 24.4 Å². The first-order valence-electron chi connectivity index (χ1n) is 16.6. The summed E-state index contributed by atoms with van der Waals surface area (Å²) < 4.78 is 0. The highest BCUT2D eigenvalue weighted by molar-refractivity contribution is 6.01. The second-order valence-electron chi connectivity index (χ2n) is 14.4. The molecule has 0 radical (unpaired) electrons. The fourth-order valence-electron chi connectivity index (χ4n) is 8.49. The average Bonchev–Trinajstić information content (AvgIpc) is 3.47. The Labute approximate surface area is 271 Å². The summed E-state index contributed by atoms with van der Waals surface area (Å²) in [6.07, 6.45) is 0.899. The van der Waals surface area contributed by atoms with Gasteiger partial charge in [0, 0.05) is 16.4 Å². The molecule has 1 aliphatic heterocycles. The van der Waals surface area contributed by atoms with Crippen molar-refractivity contribution in [2.75, 3.05) is 0 Å². The zero-order valence-electron chi connectivity index (χ0n) is 26.9. The maximum atomic E-state index is 5.51. The lowest BCUT2D eigenvalue weighted by Crippen LogP contribution is -2.35. The Morgan fingerprint density at radius 3 is 1.80 bits per heavy atom. The predicted molar refractivity (Wildman–Crippen MR) is 192 cm³/mol. The number of amidine groups is 1. The van der Waals surface area contributed by atoms with Crippen molar-refractivity contribution in [3.8, 4) is 22.3 Å². The summed E-state index contributed by atoms with van der Waals surface area (Å²) in [7, 11) is 0. The number of benzene rings is 6. The van der Waals surface area contributed by atoms with Crippen LogP contribution in [-0.2, 0) is 10.8 Å². The van der Waals surface area contributed by atoms with Crippen molar-refractivity contribution in [2.24, 2.45) is 4.99 Å². The van der Waals surface area contributed by atoms with Crippen LogP contribution in [0.3, 0.4) is 0 Å². The van der Waals surface area contributed by atoms with E-state index < -0.39 is 0 Å². The normalized spacial score (nSPS) is 19.9. The average molecular weight is 595 g/mol. The summed E-state index contributed by atoms with van der Waals surface area (Å²) in [5.41, 5.74) is 14.6. The molecular formula is C44H38N2. The molecule has 2 aliphatic carbocycles. The molecule has 0 aromatic heterocycles. The van der Waals surface area contributed by atoms with E-state index in [1.807, 2.05) is 0 Å². The fourth-order valence-corrected chi connectivity index (χ4v) is 8.49. The standard InChI is InChI=1S/C44H38N2/c1-43(2)36-15-9-7-13-32(36)34-21-19-30(24-38(34)43)41-26-40(29-18-17-27-11-5-6-12-28(27)23-29)45-42(46-41)31-20-22-35-33-14-8-10-16-37(33)44(3,4)39(35)25-31/h5-25,40-41H,26H2,1-4H3,(H,45,46). The van der Waals surface area contributed by atoms with Crippen LogP contribution in [0, 0.1) is 0 Å². The van der Waals surface area contributed by atoms with Crippen LogP contribution in [0.25, 0.3) is 33.0 Å². The first-order chi connectivity index (χ1) is 22.3. The van der Waals surface area contributed by atoms with Crippen molar-refractivity contribution >= 4 is 16.6 Å². The molecule has 0 saturated carbocycles. The van der Waals surface area contributed by atoms with Gasteiger partial charge in [-0.05, 0) is 85.0 Å². The molecule has 2 atom stereocenters. The van der Waals surface area contributed by atoms with Gasteiger partial charge in [0.25, 0.3) is 0 Å². The van der Waals surface area contributed by atoms with Gasteiger partial charge in [0.15, 0.2) is 0 Å². The number of nitrogens with one attached hydrogen (secondary N) is 1. The molecule has 0 spiro atoms. The Balaban J connectivity index is 1.16. The Morgan fingerprint density at radius 2 is 1.09 bits per heavy atom. The number of fused-ring (bicyclic) bond motifs is 7. The summed E-state index contributed by atoms with van der Waals surface area (Å²) in [4.78, 5) is 5.51. The first kappa shape index (κ1) is 27.4. The maximum absolute atomic E-state index is 5.51. The third-order valence-corrected chi connectivity index (χ3v) is 11.1. The van der Waals surface area contributed by atoms with E-state index in [4.69, 9.17) is 4.99 Å². The van der Waals surface area contributed by atoms with Crippen molar-refractivity contribution in [3.63, 3.8) is 0 Å².